The minimum Gasteiger partial charge on any atom is -0.393 e. The highest BCUT2D eigenvalue weighted by atomic mass is 16.3. The largest absolute Gasteiger partial charge is 0.393 e. The first-order valence-corrected chi connectivity index (χ1v) is 13.5. The number of hydrogen-bond donors (Lipinski definition) is 2. The van der Waals surface area contributed by atoms with E-state index in [4.69, 9.17) is 0 Å². The highest BCUT2D eigenvalue weighted by molar-refractivity contribution is 5.41. The first-order chi connectivity index (χ1) is 14.8. The lowest BCUT2D eigenvalue weighted by molar-refractivity contribution is -0.107. The summed E-state index contributed by atoms with van der Waals surface area (Å²) in [5.74, 6) is 1.85. The summed E-state index contributed by atoms with van der Waals surface area (Å²) in [7, 11) is 0. The summed E-state index contributed by atoms with van der Waals surface area (Å²) in [6.07, 6.45) is 12.0. The maximum Gasteiger partial charge on any atom is 0.0764 e. The Hall–Kier alpha value is -0.600. The molecule has 2 fully saturated rings. The second kappa shape index (κ2) is 7.98. The van der Waals surface area contributed by atoms with Crippen LogP contribution in [-0.2, 0) is 0 Å². The Morgan fingerprint density at radius 1 is 1.03 bits per heavy atom. The molecule has 4 aliphatic carbocycles. The molecule has 0 aromatic rings. The Bertz CT molecular complexity index is 802. The van der Waals surface area contributed by atoms with Crippen LogP contribution in [0.1, 0.15) is 113 Å². The summed E-state index contributed by atoms with van der Waals surface area (Å²) in [5, 5.41) is 22.6. The molecule has 0 aliphatic heterocycles. The zero-order valence-corrected chi connectivity index (χ0v) is 22.2. The first-order valence-electron chi connectivity index (χ1n) is 13.5. The van der Waals surface area contributed by atoms with Gasteiger partial charge in [-0.05, 0) is 117 Å². The smallest absolute Gasteiger partial charge is 0.0764 e. The minimum atomic E-state index is -0.313. The molecule has 2 N–H and O–H groups in total. The van der Waals surface area contributed by atoms with Crippen molar-refractivity contribution in [2.24, 2.45) is 39.4 Å². The maximum absolute atomic E-state index is 11.8. The summed E-state index contributed by atoms with van der Waals surface area (Å²) in [4.78, 5) is 0. The van der Waals surface area contributed by atoms with Crippen LogP contribution >= 0.6 is 0 Å². The van der Waals surface area contributed by atoms with Gasteiger partial charge in [-0.15, -0.1) is 0 Å². The molecule has 0 aromatic carbocycles. The van der Waals surface area contributed by atoms with Gasteiger partial charge in [-0.3, -0.25) is 0 Å². The average molecular weight is 443 g/mol. The third-order valence-electron chi connectivity index (χ3n) is 11.6. The molecule has 0 heterocycles. The lowest BCUT2D eigenvalue weighted by Gasteiger charge is -2.63. The van der Waals surface area contributed by atoms with E-state index in [1.54, 1.807) is 5.57 Å². The lowest BCUT2D eigenvalue weighted by atomic mass is 9.42. The molecule has 32 heavy (non-hydrogen) atoms. The Morgan fingerprint density at radius 3 is 2.38 bits per heavy atom. The van der Waals surface area contributed by atoms with Gasteiger partial charge in [-0.1, -0.05) is 58.8 Å². The van der Waals surface area contributed by atoms with Gasteiger partial charge < -0.3 is 10.2 Å². The molecule has 2 saturated carbocycles. The quantitative estimate of drug-likeness (QED) is 0.444. The van der Waals surface area contributed by atoms with E-state index in [2.05, 4.69) is 61.5 Å². The molecule has 0 spiro atoms. The molecule has 0 amide bonds. The van der Waals surface area contributed by atoms with Crippen molar-refractivity contribution in [2.75, 3.05) is 0 Å². The number of rotatable bonds is 4. The van der Waals surface area contributed by atoms with E-state index >= 15 is 0 Å². The fraction of sp³-hybridized carbons (Fsp3) is 0.867. The van der Waals surface area contributed by atoms with Gasteiger partial charge >= 0.3 is 0 Å². The van der Waals surface area contributed by atoms with Crippen LogP contribution in [0.25, 0.3) is 0 Å². The summed E-state index contributed by atoms with van der Waals surface area (Å²) in [6.45, 7) is 18.9. The molecule has 0 bridgehead atoms. The SMILES string of the molecule is CC(C)=CCC[C@@H](C)[C@H]1CC[C@@]2(C)C3=C([C@@H](O)C[C@]12C)[C@@]1(C)CC[C@H](O)C(C)(C)[C@@H]1CC3. The zero-order chi connectivity index (χ0) is 23.7. The third-order valence-corrected chi connectivity index (χ3v) is 11.6. The van der Waals surface area contributed by atoms with Crippen LogP contribution in [0.15, 0.2) is 22.8 Å². The van der Waals surface area contributed by atoms with Gasteiger partial charge in [0.25, 0.3) is 0 Å². The summed E-state index contributed by atoms with van der Waals surface area (Å²) < 4.78 is 0. The van der Waals surface area contributed by atoms with Crippen molar-refractivity contribution in [3.05, 3.63) is 22.8 Å². The van der Waals surface area contributed by atoms with Crippen LogP contribution in [-0.4, -0.2) is 22.4 Å². The predicted molar refractivity (Wildman–Crippen MR) is 134 cm³/mol. The van der Waals surface area contributed by atoms with Crippen LogP contribution in [0, 0.1) is 39.4 Å². The number of hydrogen-bond acceptors (Lipinski definition) is 2. The van der Waals surface area contributed by atoms with E-state index in [1.807, 2.05) is 0 Å². The van der Waals surface area contributed by atoms with E-state index in [9.17, 15) is 10.2 Å². The first kappa shape index (κ1) is 24.5. The van der Waals surface area contributed by atoms with Crippen LogP contribution in [0.2, 0.25) is 0 Å². The monoisotopic (exact) mass is 442 g/mol. The Morgan fingerprint density at radius 2 is 1.72 bits per heavy atom. The Labute approximate surface area is 198 Å². The van der Waals surface area contributed by atoms with Gasteiger partial charge in [0.15, 0.2) is 0 Å². The van der Waals surface area contributed by atoms with Crippen LogP contribution in [0.4, 0.5) is 0 Å². The summed E-state index contributed by atoms with van der Waals surface area (Å²) in [6, 6.07) is 0. The number of aliphatic hydroxyl groups excluding tert-OH is 2. The van der Waals surface area contributed by atoms with Crippen LogP contribution in [0.5, 0.6) is 0 Å². The van der Waals surface area contributed by atoms with Crippen molar-refractivity contribution in [3.8, 4) is 0 Å². The molecule has 2 heteroatoms. The molecular formula is C30H50O2. The lowest BCUT2D eigenvalue weighted by Crippen LogP contribution is -2.57. The van der Waals surface area contributed by atoms with Gasteiger partial charge in [-0.25, -0.2) is 0 Å². The van der Waals surface area contributed by atoms with Gasteiger partial charge in [0, 0.05) is 0 Å². The fourth-order valence-electron chi connectivity index (χ4n) is 9.55. The van der Waals surface area contributed by atoms with Gasteiger partial charge in [-0.2, -0.15) is 0 Å². The molecule has 8 atom stereocenters. The number of aliphatic hydroxyl groups is 2. The van der Waals surface area contributed by atoms with Crippen molar-refractivity contribution in [1.29, 1.82) is 0 Å². The number of allylic oxidation sites excluding steroid dienone is 3. The van der Waals surface area contributed by atoms with Crippen LogP contribution in [0.3, 0.4) is 0 Å². The van der Waals surface area contributed by atoms with Crippen molar-refractivity contribution >= 4 is 0 Å². The highest BCUT2D eigenvalue weighted by Crippen LogP contribution is 2.72. The van der Waals surface area contributed by atoms with Crippen molar-refractivity contribution in [2.45, 2.75) is 125 Å². The summed E-state index contributed by atoms with van der Waals surface area (Å²) >= 11 is 0. The zero-order valence-electron chi connectivity index (χ0n) is 22.2. The van der Waals surface area contributed by atoms with E-state index in [1.165, 1.54) is 43.3 Å². The standard InChI is InChI=1S/C30H50O2/c1-19(2)10-9-11-20(3)21-14-17-29(7)22-12-13-24-27(4,5)25(32)15-16-28(24,6)26(22)23(31)18-30(21,29)8/h10,20-21,23-25,31-32H,9,11-18H2,1-8H3/t20-,21-,23+,24+,25+,28+,29+,30-/m1/s1. The molecule has 2 nitrogen and oxygen atoms in total. The van der Waals surface area contributed by atoms with Crippen molar-refractivity contribution in [1.82, 2.24) is 0 Å². The van der Waals surface area contributed by atoms with Gasteiger partial charge in [0.05, 0.1) is 12.2 Å². The minimum absolute atomic E-state index is 0.0349. The van der Waals surface area contributed by atoms with Crippen LogP contribution < -0.4 is 0 Å². The Kier molecular flexibility index (Phi) is 6.11. The van der Waals surface area contributed by atoms with Crippen molar-refractivity contribution in [3.63, 3.8) is 0 Å². The summed E-state index contributed by atoms with van der Waals surface area (Å²) in [5.41, 5.74) is 4.81. The molecule has 4 rings (SSSR count). The average Bonchev–Trinajstić information content (AvgIpc) is 2.96. The topological polar surface area (TPSA) is 40.5 Å². The fourth-order valence-corrected chi connectivity index (χ4v) is 9.55. The maximum atomic E-state index is 11.8. The van der Waals surface area contributed by atoms with E-state index in [-0.39, 0.29) is 33.9 Å². The molecule has 0 aromatic heterocycles. The van der Waals surface area contributed by atoms with E-state index in [0.29, 0.717) is 17.8 Å². The molecular weight excluding hydrogens is 392 g/mol. The highest BCUT2D eigenvalue weighted by Gasteiger charge is 2.65. The second-order valence-electron chi connectivity index (χ2n) is 13.7. The van der Waals surface area contributed by atoms with Gasteiger partial charge in [0.2, 0.25) is 0 Å². The Balaban J connectivity index is 1.70. The molecule has 4 aliphatic rings. The molecule has 0 radical (unpaired) electrons. The molecule has 182 valence electrons. The van der Waals surface area contributed by atoms with E-state index in [0.717, 1.165) is 25.7 Å². The number of fused-ring (bicyclic) bond motifs is 4. The predicted octanol–water partition coefficient (Wildman–Crippen LogP) is 7.45. The van der Waals surface area contributed by atoms with Gasteiger partial charge in [0.1, 0.15) is 0 Å². The molecule has 0 unspecified atom stereocenters. The third kappa shape index (κ3) is 3.33. The van der Waals surface area contributed by atoms with E-state index < -0.39 is 0 Å². The molecule has 0 saturated heterocycles. The second-order valence-corrected chi connectivity index (χ2v) is 13.7. The normalized spacial score (nSPS) is 46.2. The van der Waals surface area contributed by atoms with Crippen molar-refractivity contribution < 1.29 is 10.2 Å².